The van der Waals surface area contributed by atoms with Crippen LogP contribution in [0.2, 0.25) is 0 Å². The fourth-order valence-electron chi connectivity index (χ4n) is 1.67. The van der Waals surface area contributed by atoms with Crippen LogP contribution in [-0.2, 0) is 0 Å². The van der Waals surface area contributed by atoms with Crippen LogP contribution >= 0.6 is 9.24 Å². The van der Waals surface area contributed by atoms with Gasteiger partial charge in [-0.25, -0.2) is 0 Å². The van der Waals surface area contributed by atoms with E-state index in [4.69, 9.17) is 0 Å². The molecule has 0 fully saturated rings. The average Bonchev–Trinajstić information content (AvgIpc) is 2.43. The van der Waals surface area contributed by atoms with Gasteiger partial charge in [0.05, 0.1) is 11.0 Å². The molecule has 0 spiro atoms. The minimum Gasteiger partial charge on any atom is -0.262 e. The van der Waals surface area contributed by atoms with Crippen LogP contribution in [0.3, 0.4) is 0 Å². The van der Waals surface area contributed by atoms with E-state index in [-0.39, 0.29) is 0 Å². The van der Waals surface area contributed by atoms with Crippen molar-refractivity contribution in [2.75, 3.05) is 0 Å². The number of fused-ring (bicyclic) bond motifs is 1. The fourth-order valence-corrected chi connectivity index (χ4v) is 2.03. The van der Waals surface area contributed by atoms with Gasteiger partial charge >= 0.3 is 0 Å². The standard InChI is InChI=1S/C11H15N2P/c1-7(2)13-10-6-8(3)4-5-9(10)11(14)12-13/h4-7H,14H2,1-3H3. The zero-order chi connectivity index (χ0) is 10.3. The lowest BCUT2D eigenvalue weighted by Crippen LogP contribution is -2.05. The molecule has 1 heterocycles. The molecule has 0 radical (unpaired) electrons. The van der Waals surface area contributed by atoms with Crippen molar-refractivity contribution in [2.45, 2.75) is 26.8 Å². The first-order valence-electron chi connectivity index (χ1n) is 4.84. The van der Waals surface area contributed by atoms with Crippen LogP contribution < -0.4 is 5.44 Å². The van der Waals surface area contributed by atoms with Gasteiger partial charge in [-0.1, -0.05) is 21.4 Å². The molecule has 74 valence electrons. The number of nitrogens with zero attached hydrogens (tertiary/aromatic N) is 2. The van der Waals surface area contributed by atoms with E-state index in [2.05, 4.69) is 58.0 Å². The summed E-state index contributed by atoms with van der Waals surface area (Å²) in [5.74, 6) is 0. The summed E-state index contributed by atoms with van der Waals surface area (Å²) in [5, 5.41) is 5.74. The maximum atomic E-state index is 4.51. The Balaban J connectivity index is 2.79. The highest BCUT2D eigenvalue weighted by molar-refractivity contribution is 7.27. The van der Waals surface area contributed by atoms with E-state index in [1.807, 2.05) is 0 Å². The Morgan fingerprint density at radius 3 is 2.71 bits per heavy atom. The fraction of sp³-hybridized carbons (Fsp3) is 0.364. The largest absolute Gasteiger partial charge is 0.262 e. The highest BCUT2D eigenvalue weighted by atomic mass is 31.0. The predicted octanol–water partition coefficient (Wildman–Crippen LogP) is 2.43. The van der Waals surface area contributed by atoms with Crippen molar-refractivity contribution in [3.05, 3.63) is 23.8 Å². The molecule has 1 atom stereocenters. The third-order valence-electron chi connectivity index (χ3n) is 2.38. The molecule has 3 heteroatoms. The molecule has 0 bridgehead atoms. The Morgan fingerprint density at radius 2 is 2.07 bits per heavy atom. The molecule has 1 unspecified atom stereocenters. The Bertz CT molecular complexity index is 471. The van der Waals surface area contributed by atoms with Crippen molar-refractivity contribution in [2.24, 2.45) is 0 Å². The Labute approximate surface area is 86.5 Å². The first-order valence-corrected chi connectivity index (χ1v) is 5.41. The Hall–Kier alpha value is -0.880. The maximum absolute atomic E-state index is 4.51. The molecule has 2 nitrogen and oxygen atoms in total. The first kappa shape index (κ1) is 9.67. The quantitative estimate of drug-likeness (QED) is 0.655. The van der Waals surface area contributed by atoms with Crippen LogP contribution in [0, 0.1) is 6.92 Å². The molecule has 2 aromatic rings. The van der Waals surface area contributed by atoms with Crippen molar-refractivity contribution in [1.29, 1.82) is 0 Å². The highest BCUT2D eigenvalue weighted by Crippen LogP contribution is 2.18. The lowest BCUT2D eigenvalue weighted by Gasteiger charge is -2.06. The van der Waals surface area contributed by atoms with E-state index >= 15 is 0 Å². The number of aryl methyl sites for hydroxylation is 1. The number of hydrogen-bond donors (Lipinski definition) is 0. The number of benzene rings is 1. The SMILES string of the molecule is Cc1ccc2c(P)nn(C(C)C)c2c1. The third-order valence-corrected chi connectivity index (χ3v) is 2.81. The maximum Gasteiger partial charge on any atom is 0.0867 e. The molecule has 0 aliphatic rings. The first-order chi connectivity index (χ1) is 6.59. The van der Waals surface area contributed by atoms with E-state index < -0.39 is 0 Å². The summed E-state index contributed by atoms with van der Waals surface area (Å²) in [6, 6.07) is 6.87. The van der Waals surface area contributed by atoms with Crippen molar-refractivity contribution >= 4 is 25.6 Å². The summed E-state index contributed by atoms with van der Waals surface area (Å²) in [6.07, 6.45) is 0. The van der Waals surface area contributed by atoms with E-state index in [1.54, 1.807) is 0 Å². The zero-order valence-corrected chi connectivity index (χ0v) is 9.94. The molecule has 1 aromatic carbocycles. The molecule has 0 N–H and O–H groups in total. The Morgan fingerprint density at radius 1 is 1.36 bits per heavy atom. The minimum atomic E-state index is 0.411. The van der Waals surface area contributed by atoms with Gasteiger partial charge < -0.3 is 0 Å². The summed E-state index contributed by atoms with van der Waals surface area (Å²) in [5.41, 5.74) is 3.54. The number of aromatic nitrogens is 2. The van der Waals surface area contributed by atoms with Crippen LogP contribution in [0.4, 0.5) is 0 Å². The summed E-state index contributed by atoms with van der Waals surface area (Å²) >= 11 is 0. The summed E-state index contributed by atoms with van der Waals surface area (Å²) in [6.45, 7) is 6.41. The molecule has 0 saturated carbocycles. The van der Waals surface area contributed by atoms with E-state index in [0.29, 0.717) is 6.04 Å². The monoisotopic (exact) mass is 206 g/mol. The second kappa shape index (κ2) is 3.36. The highest BCUT2D eigenvalue weighted by Gasteiger charge is 2.08. The van der Waals surface area contributed by atoms with E-state index in [9.17, 15) is 0 Å². The van der Waals surface area contributed by atoms with Gasteiger partial charge in [-0.3, -0.25) is 4.68 Å². The summed E-state index contributed by atoms with van der Waals surface area (Å²) < 4.78 is 2.07. The van der Waals surface area contributed by atoms with Crippen molar-refractivity contribution in [3.8, 4) is 0 Å². The topological polar surface area (TPSA) is 17.8 Å². The number of hydrogen-bond acceptors (Lipinski definition) is 1. The second-order valence-electron chi connectivity index (χ2n) is 3.94. The van der Waals surface area contributed by atoms with Gasteiger partial charge in [0.25, 0.3) is 0 Å². The zero-order valence-electron chi connectivity index (χ0n) is 8.78. The van der Waals surface area contributed by atoms with Crippen molar-refractivity contribution < 1.29 is 0 Å². The molecule has 0 amide bonds. The molecule has 0 aliphatic carbocycles. The van der Waals surface area contributed by atoms with E-state index in [0.717, 1.165) is 5.44 Å². The van der Waals surface area contributed by atoms with Crippen LogP contribution in [0.5, 0.6) is 0 Å². The van der Waals surface area contributed by atoms with Crippen LogP contribution in [0.25, 0.3) is 10.9 Å². The molecular weight excluding hydrogens is 191 g/mol. The van der Waals surface area contributed by atoms with Crippen molar-refractivity contribution in [1.82, 2.24) is 9.78 Å². The summed E-state index contributed by atoms with van der Waals surface area (Å²) in [7, 11) is 2.69. The van der Waals surface area contributed by atoms with Gasteiger partial charge in [-0.05, 0) is 32.4 Å². The molecule has 0 saturated heterocycles. The van der Waals surface area contributed by atoms with Crippen LogP contribution in [-0.4, -0.2) is 9.78 Å². The van der Waals surface area contributed by atoms with Gasteiger partial charge in [-0.2, -0.15) is 5.10 Å². The van der Waals surface area contributed by atoms with Gasteiger partial charge in [0.1, 0.15) is 0 Å². The molecule has 0 aliphatic heterocycles. The van der Waals surface area contributed by atoms with Gasteiger partial charge in [-0.15, -0.1) is 0 Å². The normalized spacial score (nSPS) is 11.5. The van der Waals surface area contributed by atoms with Crippen LogP contribution in [0.15, 0.2) is 18.2 Å². The molecule has 2 rings (SSSR count). The minimum absolute atomic E-state index is 0.411. The second-order valence-corrected chi connectivity index (χ2v) is 4.49. The average molecular weight is 206 g/mol. The van der Waals surface area contributed by atoms with Crippen LogP contribution in [0.1, 0.15) is 25.5 Å². The lowest BCUT2D eigenvalue weighted by molar-refractivity contribution is 0.554. The lowest BCUT2D eigenvalue weighted by atomic mass is 10.2. The van der Waals surface area contributed by atoms with Gasteiger partial charge in [0, 0.05) is 11.4 Å². The van der Waals surface area contributed by atoms with E-state index in [1.165, 1.54) is 16.5 Å². The third kappa shape index (κ3) is 1.44. The van der Waals surface area contributed by atoms with Gasteiger partial charge in [0.15, 0.2) is 0 Å². The van der Waals surface area contributed by atoms with Gasteiger partial charge in [0.2, 0.25) is 0 Å². The van der Waals surface area contributed by atoms with Crippen molar-refractivity contribution in [3.63, 3.8) is 0 Å². The molecular formula is C11H15N2P. The number of rotatable bonds is 1. The molecule has 14 heavy (non-hydrogen) atoms. The summed E-state index contributed by atoms with van der Waals surface area (Å²) in [4.78, 5) is 0. The molecule has 1 aromatic heterocycles. The Kier molecular flexibility index (Phi) is 2.32. The smallest absolute Gasteiger partial charge is 0.0867 e. The predicted molar refractivity (Wildman–Crippen MR) is 64.2 cm³/mol.